The van der Waals surface area contributed by atoms with Crippen molar-refractivity contribution in [2.75, 3.05) is 7.11 Å². The first kappa shape index (κ1) is 12.0. The molecule has 5 nitrogen and oxygen atoms in total. The summed E-state index contributed by atoms with van der Waals surface area (Å²) < 4.78 is 29.5. The second-order valence-electron chi connectivity index (χ2n) is 2.45. The zero-order chi connectivity index (χ0) is 11.6. The number of hydrogen-bond acceptors (Lipinski definition) is 4. The molecular formula is C7H5F2IN2O3. The number of rotatable bonds is 3. The number of alkyl halides is 2. The van der Waals surface area contributed by atoms with E-state index in [9.17, 15) is 18.9 Å². The second kappa shape index (κ2) is 4.64. The lowest BCUT2D eigenvalue weighted by molar-refractivity contribution is -0.386. The lowest BCUT2D eigenvalue weighted by Gasteiger charge is -2.06. The van der Waals surface area contributed by atoms with E-state index >= 15 is 0 Å². The molecule has 1 aromatic heterocycles. The normalized spacial score (nSPS) is 10.5. The lowest BCUT2D eigenvalue weighted by Crippen LogP contribution is -2.01. The fourth-order valence-electron chi connectivity index (χ4n) is 0.927. The Labute approximate surface area is 96.7 Å². The van der Waals surface area contributed by atoms with Gasteiger partial charge < -0.3 is 4.74 Å². The van der Waals surface area contributed by atoms with E-state index in [1.54, 1.807) is 22.6 Å². The van der Waals surface area contributed by atoms with Gasteiger partial charge in [0.05, 0.1) is 17.6 Å². The maximum absolute atomic E-state index is 12.4. The number of pyridine rings is 1. The van der Waals surface area contributed by atoms with Crippen LogP contribution in [0.2, 0.25) is 0 Å². The van der Waals surface area contributed by atoms with Gasteiger partial charge in [0.15, 0.2) is 3.70 Å². The quantitative estimate of drug-likeness (QED) is 0.370. The van der Waals surface area contributed by atoms with Crippen LogP contribution in [0.3, 0.4) is 0 Å². The summed E-state index contributed by atoms with van der Waals surface area (Å²) in [6, 6.07) is 0.776. The summed E-state index contributed by atoms with van der Waals surface area (Å²) in [6.45, 7) is 0. The van der Waals surface area contributed by atoms with Gasteiger partial charge >= 0.3 is 5.69 Å². The van der Waals surface area contributed by atoms with Crippen molar-refractivity contribution < 1.29 is 18.4 Å². The molecule has 15 heavy (non-hydrogen) atoms. The Morgan fingerprint density at radius 1 is 1.67 bits per heavy atom. The van der Waals surface area contributed by atoms with Crippen LogP contribution in [0.15, 0.2) is 6.07 Å². The summed E-state index contributed by atoms with van der Waals surface area (Å²) in [5.74, 6) is -0.292. The Balaban J connectivity index is 3.37. The molecule has 0 aromatic carbocycles. The van der Waals surface area contributed by atoms with Crippen LogP contribution in [0.5, 0.6) is 5.88 Å². The number of aromatic nitrogens is 1. The van der Waals surface area contributed by atoms with Gasteiger partial charge in [-0.1, -0.05) is 0 Å². The van der Waals surface area contributed by atoms with Crippen molar-refractivity contribution in [1.82, 2.24) is 4.98 Å². The molecule has 1 rings (SSSR count). The molecule has 0 radical (unpaired) electrons. The van der Waals surface area contributed by atoms with Crippen molar-refractivity contribution in [3.8, 4) is 5.88 Å². The van der Waals surface area contributed by atoms with E-state index < -0.39 is 22.6 Å². The van der Waals surface area contributed by atoms with Gasteiger partial charge in [0.25, 0.3) is 6.43 Å². The summed E-state index contributed by atoms with van der Waals surface area (Å²) in [4.78, 5) is 13.3. The number of methoxy groups -OCH3 is 1. The maximum Gasteiger partial charge on any atom is 0.301 e. The van der Waals surface area contributed by atoms with Gasteiger partial charge in [-0.15, -0.1) is 0 Å². The van der Waals surface area contributed by atoms with Crippen molar-refractivity contribution in [3.05, 3.63) is 25.4 Å². The van der Waals surface area contributed by atoms with Crippen molar-refractivity contribution in [2.45, 2.75) is 6.43 Å². The Bertz CT molecular complexity index is 400. The average molecular weight is 330 g/mol. The third kappa shape index (κ3) is 2.49. The smallest absolute Gasteiger partial charge is 0.301 e. The topological polar surface area (TPSA) is 65.3 Å². The van der Waals surface area contributed by atoms with E-state index in [1.807, 2.05) is 0 Å². The summed E-state index contributed by atoms with van der Waals surface area (Å²) in [5, 5.41) is 10.5. The van der Waals surface area contributed by atoms with Crippen molar-refractivity contribution >= 4 is 28.3 Å². The van der Waals surface area contributed by atoms with Crippen LogP contribution >= 0.6 is 22.6 Å². The van der Waals surface area contributed by atoms with E-state index in [0.29, 0.717) is 0 Å². The zero-order valence-electron chi connectivity index (χ0n) is 7.41. The van der Waals surface area contributed by atoms with E-state index in [0.717, 1.165) is 6.07 Å². The Morgan fingerprint density at radius 3 is 2.67 bits per heavy atom. The molecule has 0 N–H and O–H groups in total. The van der Waals surface area contributed by atoms with Crippen molar-refractivity contribution in [1.29, 1.82) is 0 Å². The highest BCUT2D eigenvalue weighted by Gasteiger charge is 2.23. The highest BCUT2D eigenvalue weighted by molar-refractivity contribution is 14.1. The first-order valence-corrected chi connectivity index (χ1v) is 4.72. The van der Waals surface area contributed by atoms with Gasteiger partial charge in [-0.2, -0.15) is 4.98 Å². The molecule has 0 aliphatic heterocycles. The van der Waals surface area contributed by atoms with Crippen LogP contribution < -0.4 is 4.74 Å². The molecule has 8 heteroatoms. The predicted molar refractivity (Wildman–Crippen MR) is 55.1 cm³/mol. The van der Waals surface area contributed by atoms with Crippen LogP contribution in [0.1, 0.15) is 12.0 Å². The summed E-state index contributed by atoms with van der Waals surface area (Å²) in [6.07, 6.45) is -2.86. The molecular weight excluding hydrogens is 325 g/mol. The van der Waals surface area contributed by atoms with Crippen LogP contribution in [0, 0.1) is 13.8 Å². The highest BCUT2D eigenvalue weighted by atomic mass is 127. The molecule has 1 heterocycles. The molecule has 0 saturated carbocycles. The fraction of sp³-hybridized carbons (Fsp3) is 0.286. The molecule has 0 atom stereocenters. The molecule has 0 aliphatic rings. The molecule has 82 valence electrons. The molecule has 0 saturated heterocycles. The minimum absolute atomic E-state index is 0.0128. The largest absolute Gasteiger partial charge is 0.481 e. The number of nitro groups is 1. The molecule has 0 spiro atoms. The van der Waals surface area contributed by atoms with E-state index in [1.165, 1.54) is 7.11 Å². The molecule has 0 bridgehead atoms. The molecule has 0 amide bonds. The Hall–Kier alpha value is -1.06. The number of halogens is 3. The second-order valence-corrected chi connectivity index (χ2v) is 3.48. The third-order valence-corrected chi connectivity index (χ3v) is 2.37. The first-order chi connectivity index (χ1) is 6.97. The molecule has 0 aliphatic carbocycles. The van der Waals surface area contributed by atoms with E-state index in [2.05, 4.69) is 9.72 Å². The van der Waals surface area contributed by atoms with Crippen molar-refractivity contribution in [2.24, 2.45) is 0 Å². The van der Waals surface area contributed by atoms with E-state index in [-0.39, 0.29) is 9.58 Å². The molecule has 0 unspecified atom stereocenters. The van der Waals surface area contributed by atoms with Crippen LogP contribution in [0.4, 0.5) is 14.5 Å². The van der Waals surface area contributed by atoms with Crippen LogP contribution in [-0.4, -0.2) is 17.0 Å². The van der Waals surface area contributed by atoms with Gasteiger partial charge in [0, 0.05) is 6.07 Å². The molecule has 0 fully saturated rings. The fourth-order valence-corrected chi connectivity index (χ4v) is 1.50. The van der Waals surface area contributed by atoms with Gasteiger partial charge in [-0.25, -0.2) is 8.78 Å². The van der Waals surface area contributed by atoms with Gasteiger partial charge in [-0.05, 0) is 22.6 Å². The van der Waals surface area contributed by atoms with Gasteiger partial charge in [-0.3, -0.25) is 10.1 Å². The standard InChI is InChI=1S/C7H5F2IN2O3/c1-15-7-3(5(8)9)2-4(12(13)14)6(10)11-7/h2,5H,1H3. The maximum atomic E-state index is 12.4. The van der Waals surface area contributed by atoms with Crippen LogP contribution in [0.25, 0.3) is 0 Å². The van der Waals surface area contributed by atoms with E-state index in [4.69, 9.17) is 0 Å². The number of nitrogens with zero attached hydrogens (tertiary/aromatic N) is 2. The van der Waals surface area contributed by atoms with Crippen LogP contribution in [-0.2, 0) is 0 Å². The Morgan fingerprint density at radius 2 is 2.27 bits per heavy atom. The number of hydrogen-bond donors (Lipinski definition) is 0. The highest BCUT2D eigenvalue weighted by Crippen LogP contribution is 2.32. The lowest BCUT2D eigenvalue weighted by atomic mass is 10.2. The molecule has 1 aromatic rings. The Kier molecular flexibility index (Phi) is 3.72. The van der Waals surface area contributed by atoms with Gasteiger partial charge in [0.2, 0.25) is 5.88 Å². The summed E-state index contributed by atoms with van der Waals surface area (Å²) >= 11 is 1.59. The third-order valence-electron chi connectivity index (χ3n) is 1.58. The van der Waals surface area contributed by atoms with Gasteiger partial charge in [0.1, 0.15) is 0 Å². The predicted octanol–water partition coefficient (Wildman–Crippen LogP) is 2.54. The first-order valence-electron chi connectivity index (χ1n) is 3.64. The minimum atomic E-state index is -2.86. The minimum Gasteiger partial charge on any atom is -0.481 e. The van der Waals surface area contributed by atoms with Crippen molar-refractivity contribution in [3.63, 3.8) is 0 Å². The summed E-state index contributed by atoms with van der Waals surface area (Å²) in [7, 11) is 1.18. The number of ether oxygens (including phenoxy) is 1. The monoisotopic (exact) mass is 330 g/mol. The SMILES string of the molecule is COc1nc(I)c([N+](=O)[O-])cc1C(F)F. The zero-order valence-corrected chi connectivity index (χ0v) is 9.57. The average Bonchev–Trinajstić information content (AvgIpc) is 2.16. The summed E-state index contributed by atoms with van der Waals surface area (Å²) in [5.41, 5.74) is -1.03.